The summed E-state index contributed by atoms with van der Waals surface area (Å²) in [4.78, 5) is 16.0. The fourth-order valence-electron chi connectivity index (χ4n) is 3.08. The number of H-pyrrole nitrogens is 1. The Labute approximate surface area is 137 Å². The van der Waals surface area contributed by atoms with Gasteiger partial charge in [-0.15, -0.1) is 0 Å². The van der Waals surface area contributed by atoms with Crippen LogP contribution in [0.25, 0.3) is 10.9 Å². The van der Waals surface area contributed by atoms with Crippen LogP contribution in [-0.4, -0.2) is 10.8 Å². The van der Waals surface area contributed by atoms with Gasteiger partial charge in [0.25, 0.3) is 0 Å². The van der Waals surface area contributed by atoms with E-state index in [2.05, 4.69) is 16.4 Å². The normalized spacial score (nSPS) is 16.3. The molecule has 2 N–H and O–H groups in total. The van der Waals surface area contributed by atoms with Gasteiger partial charge < -0.3 is 4.98 Å². The third-order valence-electron chi connectivity index (χ3n) is 4.25. The summed E-state index contributed by atoms with van der Waals surface area (Å²) >= 11 is 6.23. The van der Waals surface area contributed by atoms with Crippen LogP contribution in [0, 0.1) is 11.3 Å². The molecule has 3 aromatic rings. The molecule has 0 saturated carbocycles. The minimum atomic E-state index is -0.353. The van der Waals surface area contributed by atoms with Crippen molar-refractivity contribution in [2.24, 2.45) is 0 Å². The van der Waals surface area contributed by atoms with Gasteiger partial charge in [-0.3, -0.25) is 10.1 Å². The smallest absolute Gasteiger partial charge is 0.200 e. The summed E-state index contributed by atoms with van der Waals surface area (Å²) in [6.45, 7) is 0.687. The second-order valence-corrected chi connectivity index (χ2v) is 5.94. The van der Waals surface area contributed by atoms with E-state index in [1.807, 2.05) is 24.3 Å². The number of Topliss-reactive ketones (excluding diaryl/α,β-unsaturated/α-hetero) is 1. The number of aromatic nitrogens is 1. The van der Waals surface area contributed by atoms with Gasteiger partial charge in [0.2, 0.25) is 0 Å². The highest BCUT2D eigenvalue weighted by molar-refractivity contribution is 6.36. The summed E-state index contributed by atoms with van der Waals surface area (Å²) in [7, 11) is 0. The molecule has 4 nitrogen and oxygen atoms in total. The molecule has 112 valence electrons. The third-order valence-corrected chi connectivity index (χ3v) is 4.66. The van der Waals surface area contributed by atoms with Gasteiger partial charge in [-0.05, 0) is 29.3 Å². The van der Waals surface area contributed by atoms with E-state index in [9.17, 15) is 4.79 Å². The van der Waals surface area contributed by atoms with Crippen molar-refractivity contribution in [2.45, 2.75) is 12.6 Å². The van der Waals surface area contributed by atoms with Crippen molar-refractivity contribution < 1.29 is 4.79 Å². The Morgan fingerprint density at radius 2 is 2.09 bits per heavy atom. The molecule has 0 aliphatic carbocycles. The van der Waals surface area contributed by atoms with Crippen LogP contribution < -0.4 is 5.32 Å². The van der Waals surface area contributed by atoms with Crippen molar-refractivity contribution in [3.8, 4) is 6.07 Å². The van der Waals surface area contributed by atoms with Crippen molar-refractivity contribution in [2.75, 3.05) is 0 Å². The van der Waals surface area contributed by atoms with Gasteiger partial charge in [0.05, 0.1) is 22.3 Å². The number of nitrogens with zero attached hydrogens (tertiary/aromatic N) is 1. The lowest BCUT2D eigenvalue weighted by Crippen LogP contribution is -2.22. The van der Waals surface area contributed by atoms with E-state index in [4.69, 9.17) is 16.9 Å². The zero-order valence-electron chi connectivity index (χ0n) is 12.1. The number of aromatic amines is 1. The number of nitrogens with one attached hydrogen (secondary N) is 2. The van der Waals surface area contributed by atoms with Crippen molar-refractivity contribution in [3.05, 3.63) is 69.9 Å². The van der Waals surface area contributed by atoms with Gasteiger partial charge in [0.15, 0.2) is 5.78 Å². The lowest BCUT2D eigenvalue weighted by atomic mass is 10.0. The maximum absolute atomic E-state index is 12.8. The first kappa shape index (κ1) is 14.0. The zero-order valence-corrected chi connectivity index (χ0v) is 12.8. The quantitative estimate of drug-likeness (QED) is 0.707. The molecule has 2 heterocycles. The van der Waals surface area contributed by atoms with Gasteiger partial charge in [-0.25, -0.2) is 0 Å². The van der Waals surface area contributed by atoms with E-state index in [0.717, 1.165) is 16.6 Å². The lowest BCUT2D eigenvalue weighted by molar-refractivity contribution is 0.0944. The average molecular weight is 322 g/mol. The molecular weight excluding hydrogens is 310 g/mol. The Morgan fingerprint density at radius 3 is 2.91 bits per heavy atom. The van der Waals surface area contributed by atoms with Crippen molar-refractivity contribution >= 4 is 28.3 Å². The van der Waals surface area contributed by atoms with Crippen LogP contribution >= 0.6 is 11.6 Å². The number of hydrogen-bond acceptors (Lipinski definition) is 3. The molecule has 4 rings (SSSR count). The lowest BCUT2D eigenvalue weighted by Gasteiger charge is -2.09. The van der Waals surface area contributed by atoms with Crippen molar-refractivity contribution in [1.82, 2.24) is 10.3 Å². The van der Waals surface area contributed by atoms with Crippen LogP contribution in [0.15, 0.2) is 42.5 Å². The van der Waals surface area contributed by atoms with E-state index in [0.29, 0.717) is 28.2 Å². The zero-order chi connectivity index (χ0) is 16.0. The number of nitriles is 1. The molecule has 0 bridgehead atoms. The number of carbonyl (C=O) groups is 1. The highest BCUT2D eigenvalue weighted by Crippen LogP contribution is 2.31. The van der Waals surface area contributed by atoms with Crippen LogP contribution in [-0.2, 0) is 6.54 Å². The van der Waals surface area contributed by atoms with Crippen LogP contribution in [0.5, 0.6) is 0 Å². The Hall–Kier alpha value is -2.61. The monoisotopic (exact) mass is 321 g/mol. The largest absolute Gasteiger partial charge is 0.352 e. The summed E-state index contributed by atoms with van der Waals surface area (Å²) < 4.78 is 0. The summed E-state index contributed by atoms with van der Waals surface area (Å²) in [6, 6.07) is 14.8. The fraction of sp³-hybridized carbons (Fsp3) is 0.111. The van der Waals surface area contributed by atoms with Crippen LogP contribution in [0.2, 0.25) is 5.02 Å². The minimum Gasteiger partial charge on any atom is -0.352 e. The molecule has 0 saturated heterocycles. The number of halogens is 1. The molecule has 1 unspecified atom stereocenters. The average Bonchev–Trinajstić information content (AvgIpc) is 3.19. The number of ketones is 1. The Morgan fingerprint density at radius 1 is 1.26 bits per heavy atom. The molecule has 0 spiro atoms. The first-order valence-electron chi connectivity index (χ1n) is 7.26. The predicted octanol–water partition coefficient (Wildman–Crippen LogP) is 3.72. The first-order chi connectivity index (χ1) is 11.2. The van der Waals surface area contributed by atoms with E-state index >= 15 is 0 Å². The van der Waals surface area contributed by atoms with Crippen molar-refractivity contribution in [3.63, 3.8) is 0 Å². The second kappa shape index (κ2) is 5.24. The predicted molar refractivity (Wildman–Crippen MR) is 88.4 cm³/mol. The highest BCUT2D eigenvalue weighted by Gasteiger charge is 2.29. The molecule has 1 atom stereocenters. The van der Waals surface area contributed by atoms with Crippen LogP contribution in [0.4, 0.5) is 0 Å². The Balaban J connectivity index is 1.77. The number of fused-ring (bicyclic) bond motifs is 2. The second-order valence-electron chi connectivity index (χ2n) is 5.56. The molecule has 23 heavy (non-hydrogen) atoms. The van der Waals surface area contributed by atoms with Gasteiger partial charge >= 0.3 is 0 Å². The highest BCUT2D eigenvalue weighted by atomic mass is 35.5. The molecule has 1 aromatic heterocycles. The van der Waals surface area contributed by atoms with E-state index in [1.54, 1.807) is 18.2 Å². The molecule has 2 aromatic carbocycles. The van der Waals surface area contributed by atoms with Gasteiger partial charge in [0.1, 0.15) is 6.07 Å². The summed E-state index contributed by atoms with van der Waals surface area (Å²) in [6.07, 6.45) is 0. The minimum absolute atomic E-state index is 0.0271. The van der Waals surface area contributed by atoms with Crippen LogP contribution in [0.3, 0.4) is 0 Å². The molecule has 1 aliphatic rings. The summed E-state index contributed by atoms with van der Waals surface area (Å²) in [5, 5.41) is 13.4. The molecular formula is C18H12ClN3O. The standard InChI is InChI=1S/C18H12ClN3O/c19-16-10(8-20)5-6-14-13(16)7-15(22-14)18(23)17-12-4-2-1-3-11(12)9-21-17/h1-7,17,21-22H,9H2. The van der Waals surface area contributed by atoms with E-state index < -0.39 is 0 Å². The summed E-state index contributed by atoms with van der Waals surface area (Å²) in [5.74, 6) is -0.0271. The molecule has 0 amide bonds. The first-order valence-corrected chi connectivity index (χ1v) is 7.63. The van der Waals surface area contributed by atoms with Crippen molar-refractivity contribution in [1.29, 1.82) is 5.26 Å². The number of rotatable bonds is 2. The van der Waals surface area contributed by atoms with Crippen LogP contribution in [0.1, 0.15) is 33.2 Å². The van der Waals surface area contributed by atoms with Gasteiger partial charge in [0, 0.05) is 17.4 Å². The number of benzene rings is 2. The summed E-state index contributed by atoms with van der Waals surface area (Å²) in [5.41, 5.74) is 3.81. The maximum Gasteiger partial charge on any atom is 0.200 e. The number of hydrogen-bond donors (Lipinski definition) is 2. The van der Waals surface area contributed by atoms with Gasteiger partial charge in [-0.1, -0.05) is 35.9 Å². The van der Waals surface area contributed by atoms with Gasteiger partial charge in [-0.2, -0.15) is 5.26 Å². The molecule has 5 heteroatoms. The fourth-order valence-corrected chi connectivity index (χ4v) is 3.34. The Bertz CT molecular complexity index is 984. The Kier molecular flexibility index (Phi) is 3.19. The number of carbonyl (C=O) groups excluding carboxylic acids is 1. The molecule has 0 fully saturated rings. The van der Waals surface area contributed by atoms with E-state index in [-0.39, 0.29) is 11.8 Å². The SMILES string of the molecule is N#Cc1ccc2[nH]c(C(=O)C3NCc4ccccc43)cc2c1Cl. The maximum atomic E-state index is 12.8. The molecule has 1 aliphatic heterocycles. The van der Waals surface area contributed by atoms with E-state index in [1.165, 1.54) is 0 Å². The third kappa shape index (κ3) is 2.14. The molecule has 0 radical (unpaired) electrons. The topological polar surface area (TPSA) is 68.7 Å².